The first-order valence-electron chi connectivity index (χ1n) is 7.72. The molecular formula is C15H22N2O3. The first kappa shape index (κ1) is 13.7. The van der Waals surface area contributed by atoms with Gasteiger partial charge in [-0.3, -0.25) is 4.79 Å². The molecule has 0 radical (unpaired) electrons. The molecule has 0 bridgehead atoms. The summed E-state index contributed by atoms with van der Waals surface area (Å²) in [6, 6.07) is 0. The molecule has 2 fully saturated rings. The van der Waals surface area contributed by atoms with Crippen molar-refractivity contribution >= 4 is 5.78 Å². The van der Waals surface area contributed by atoms with Crippen LogP contribution in [0.4, 0.5) is 0 Å². The Kier molecular flexibility index (Phi) is 4.15. The Morgan fingerprint density at radius 1 is 1.35 bits per heavy atom. The summed E-state index contributed by atoms with van der Waals surface area (Å²) in [5.41, 5.74) is 0. The van der Waals surface area contributed by atoms with Gasteiger partial charge in [0.2, 0.25) is 5.89 Å². The van der Waals surface area contributed by atoms with Crippen molar-refractivity contribution in [2.24, 2.45) is 5.92 Å². The zero-order valence-electron chi connectivity index (χ0n) is 12.0. The van der Waals surface area contributed by atoms with Crippen LogP contribution in [0.25, 0.3) is 0 Å². The zero-order chi connectivity index (χ0) is 13.9. The van der Waals surface area contributed by atoms with E-state index in [1.165, 1.54) is 19.3 Å². The van der Waals surface area contributed by atoms with Gasteiger partial charge in [0.05, 0.1) is 13.2 Å². The summed E-state index contributed by atoms with van der Waals surface area (Å²) in [6.45, 7) is 3.13. The van der Waals surface area contributed by atoms with Crippen LogP contribution in [0.5, 0.6) is 0 Å². The van der Waals surface area contributed by atoms with E-state index in [1.54, 1.807) is 0 Å². The fourth-order valence-corrected chi connectivity index (χ4v) is 3.30. The van der Waals surface area contributed by atoms with E-state index in [0.717, 1.165) is 24.6 Å². The quantitative estimate of drug-likeness (QED) is 0.850. The molecule has 110 valence electrons. The number of hydrogen-bond donors (Lipinski definition) is 0. The number of carbonyl (C=O) groups is 1. The van der Waals surface area contributed by atoms with E-state index < -0.39 is 0 Å². The standard InChI is InChI=1S/C15H22N2O3/c1-2-10-4-3-5-11(8-10)14-16-15(20-17-14)12-9-19-7-6-13(12)18/h10-12H,2-9H2,1H3. The van der Waals surface area contributed by atoms with E-state index in [9.17, 15) is 4.79 Å². The highest BCUT2D eigenvalue weighted by Crippen LogP contribution is 2.36. The van der Waals surface area contributed by atoms with Crippen LogP contribution in [0.15, 0.2) is 4.52 Å². The molecule has 3 atom stereocenters. The number of ether oxygens (including phenoxy) is 1. The molecule has 3 unspecified atom stereocenters. The predicted molar refractivity (Wildman–Crippen MR) is 72.5 cm³/mol. The van der Waals surface area contributed by atoms with Crippen molar-refractivity contribution in [1.29, 1.82) is 0 Å². The fourth-order valence-electron chi connectivity index (χ4n) is 3.30. The molecule has 0 N–H and O–H groups in total. The minimum Gasteiger partial charge on any atom is -0.380 e. The van der Waals surface area contributed by atoms with Crippen LogP contribution >= 0.6 is 0 Å². The summed E-state index contributed by atoms with van der Waals surface area (Å²) in [5, 5.41) is 4.12. The monoisotopic (exact) mass is 278 g/mol. The number of Topliss-reactive ketones (excluding diaryl/α,β-unsaturated/α-hetero) is 1. The van der Waals surface area contributed by atoms with Crippen molar-refractivity contribution in [2.45, 2.75) is 57.3 Å². The Balaban J connectivity index is 1.71. The van der Waals surface area contributed by atoms with Gasteiger partial charge < -0.3 is 9.26 Å². The second-order valence-electron chi connectivity index (χ2n) is 5.97. The second-order valence-corrected chi connectivity index (χ2v) is 5.97. The second kappa shape index (κ2) is 6.04. The Labute approximate surface area is 119 Å². The maximum atomic E-state index is 11.9. The Morgan fingerprint density at radius 2 is 2.25 bits per heavy atom. The number of rotatable bonds is 3. The molecular weight excluding hydrogens is 256 g/mol. The van der Waals surface area contributed by atoms with E-state index in [-0.39, 0.29) is 11.7 Å². The Bertz CT molecular complexity index is 471. The van der Waals surface area contributed by atoms with Gasteiger partial charge in [-0.2, -0.15) is 4.98 Å². The summed E-state index contributed by atoms with van der Waals surface area (Å²) >= 11 is 0. The molecule has 2 heterocycles. The van der Waals surface area contributed by atoms with Gasteiger partial charge in [-0.15, -0.1) is 0 Å². The molecule has 2 aliphatic rings. The third-order valence-electron chi connectivity index (χ3n) is 4.65. The smallest absolute Gasteiger partial charge is 0.239 e. The van der Waals surface area contributed by atoms with Crippen LogP contribution in [0.2, 0.25) is 0 Å². The number of hydrogen-bond acceptors (Lipinski definition) is 5. The summed E-state index contributed by atoms with van der Waals surface area (Å²) in [7, 11) is 0. The first-order valence-corrected chi connectivity index (χ1v) is 7.72. The third kappa shape index (κ3) is 2.77. The van der Waals surface area contributed by atoms with Crippen molar-refractivity contribution in [3.63, 3.8) is 0 Å². The van der Waals surface area contributed by atoms with Gasteiger partial charge >= 0.3 is 0 Å². The number of nitrogens with zero attached hydrogens (tertiary/aromatic N) is 2. The molecule has 1 saturated heterocycles. The zero-order valence-corrected chi connectivity index (χ0v) is 12.0. The lowest BCUT2D eigenvalue weighted by Crippen LogP contribution is -2.26. The normalized spacial score (nSPS) is 31.4. The highest BCUT2D eigenvalue weighted by molar-refractivity contribution is 5.85. The van der Waals surface area contributed by atoms with Crippen molar-refractivity contribution < 1.29 is 14.1 Å². The highest BCUT2D eigenvalue weighted by Gasteiger charge is 2.32. The molecule has 20 heavy (non-hydrogen) atoms. The van der Waals surface area contributed by atoms with Crippen molar-refractivity contribution in [2.75, 3.05) is 13.2 Å². The van der Waals surface area contributed by atoms with Crippen molar-refractivity contribution in [1.82, 2.24) is 10.1 Å². The predicted octanol–water partition coefficient (Wildman–Crippen LogP) is 2.83. The average molecular weight is 278 g/mol. The van der Waals surface area contributed by atoms with E-state index in [1.807, 2.05) is 0 Å². The third-order valence-corrected chi connectivity index (χ3v) is 4.65. The molecule has 5 nitrogen and oxygen atoms in total. The average Bonchev–Trinajstić information content (AvgIpc) is 2.97. The van der Waals surface area contributed by atoms with Crippen LogP contribution in [0.3, 0.4) is 0 Å². The lowest BCUT2D eigenvalue weighted by molar-refractivity contribution is -0.127. The van der Waals surface area contributed by atoms with Gasteiger partial charge in [-0.05, 0) is 18.8 Å². The number of carbonyl (C=O) groups excluding carboxylic acids is 1. The van der Waals surface area contributed by atoms with Crippen LogP contribution < -0.4 is 0 Å². The van der Waals surface area contributed by atoms with Gasteiger partial charge in [0, 0.05) is 12.3 Å². The molecule has 5 heteroatoms. The maximum Gasteiger partial charge on any atom is 0.239 e. The molecule has 1 aliphatic heterocycles. The maximum absolute atomic E-state index is 11.9. The number of aromatic nitrogens is 2. The van der Waals surface area contributed by atoms with E-state index in [4.69, 9.17) is 9.26 Å². The summed E-state index contributed by atoms with van der Waals surface area (Å²) in [6.07, 6.45) is 6.49. The fraction of sp³-hybridized carbons (Fsp3) is 0.800. The van der Waals surface area contributed by atoms with Gasteiger partial charge in [0.25, 0.3) is 0 Å². The lowest BCUT2D eigenvalue weighted by atomic mass is 9.80. The molecule has 3 rings (SSSR count). The van der Waals surface area contributed by atoms with Crippen LogP contribution in [0.1, 0.15) is 69.0 Å². The van der Waals surface area contributed by atoms with Crippen molar-refractivity contribution in [3.8, 4) is 0 Å². The number of ketones is 1. The van der Waals surface area contributed by atoms with E-state index in [0.29, 0.717) is 31.4 Å². The summed E-state index contributed by atoms with van der Waals surface area (Å²) in [5.74, 6) is 2.21. The minimum atomic E-state index is -0.351. The lowest BCUT2D eigenvalue weighted by Gasteiger charge is -2.26. The topological polar surface area (TPSA) is 65.2 Å². The molecule has 0 aromatic carbocycles. The van der Waals surface area contributed by atoms with Gasteiger partial charge in [-0.25, -0.2) is 0 Å². The van der Waals surface area contributed by atoms with Crippen molar-refractivity contribution in [3.05, 3.63) is 11.7 Å². The summed E-state index contributed by atoms with van der Waals surface area (Å²) < 4.78 is 10.7. The Morgan fingerprint density at radius 3 is 3.05 bits per heavy atom. The van der Waals surface area contributed by atoms with Gasteiger partial charge in [-0.1, -0.05) is 31.3 Å². The molecule has 1 aromatic rings. The molecule has 1 aliphatic carbocycles. The van der Waals surface area contributed by atoms with Gasteiger partial charge in [0.15, 0.2) is 5.82 Å². The van der Waals surface area contributed by atoms with E-state index in [2.05, 4.69) is 17.1 Å². The molecule has 1 saturated carbocycles. The largest absolute Gasteiger partial charge is 0.380 e. The van der Waals surface area contributed by atoms with Crippen LogP contribution in [-0.2, 0) is 9.53 Å². The highest BCUT2D eigenvalue weighted by atomic mass is 16.5. The molecule has 0 amide bonds. The Hall–Kier alpha value is -1.23. The summed E-state index contributed by atoms with van der Waals surface area (Å²) in [4.78, 5) is 16.4. The van der Waals surface area contributed by atoms with E-state index >= 15 is 0 Å². The molecule has 1 aromatic heterocycles. The minimum absolute atomic E-state index is 0.154. The first-order chi connectivity index (χ1) is 9.78. The van der Waals surface area contributed by atoms with Crippen LogP contribution in [0, 0.1) is 5.92 Å². The van der Waals surface area contributed by atoms with Crippen LogP contribution in [-0.4, -0.2) is 29.1 Å². The molecule has 0 spiro atoms. The SMILES string of the molecule is CCC1CCCC(c2noc(C3COCCC3=O)n2)C1. The van der Waals surface area contributed by atoms with Gasteiger partial charge in [0.1, 0.15) is 11.7 Å².